The lowest BCUT2D eigenvalue weighted by atomic mass is 10.1. The van der Waals surface area contributed by atoms with E-state index in [2.05, 4.69) is 11.6 Å². The first kappa shape index (κ1) is 15.5. The molecule has 0 aliphatic heterocycles. The number of sulfonamides is 1. The van der Waals surface area contributed by atoms with Crippen LogP contribution >= 0.6 is 0 Å². The van der Waals surface area contributed by atoms with Gasteiger partial charge in [-0.25, -0.2) is 8.42 Å². The number of hydrogen-bond acceptors (Lipinski definition) is 3. The van der Waals surface area contributed by atoms with Crippen molar-refractivity contribution in [3.8, 4) is 0 Å². The summed E-state index contributed by atoms with van der Waals surface area (Å²) < 4.78 is 27.1. The Labute approximate surface area is 126 Å². The van der Waals surface area contributed by atoms with Crippen molar-refractivity contribution >= 4 is 15.7 Å². The van der Waals surface area contributed by atoms with Crippen LogP contribution in [0, 0.1) is 0 Å². The number of benzene rings is 2. The van der Waals surface area contributed by atoms with Gasteiger partial charge in [0, 0.05) is 12.2 Å². The molecule has 21 heavy (non-hydrogen) atoms. The number of nitrogens with one attached hydrogen (secondary N) is 1. The molecule has 0 unspecified atom stereocenters. The number of nitrogens with two attached hydrogens (primary N) is 1. The highest BCUT2D eigenvalue weighted by Crippen LogP contribution is 2.17. The molecule has 2 aromatic carbocycles. The van der Waals surface area contributed by atoms with E-state index >= 15 is 0 Å². The van der Waals surface area contributed by atoms with Gasteiger partial charge < -0.3 is 5.73 Å². The molecule has 2 rings (SSSR count). The minimum Gasteiger partial charge on any atom is -0.326 e. The van der Waals surface area contributed by atoms with Gasteiger partial charge in [-0.15, -0.1) is 0 Å². The third-order valence-corrected chi connectivity index (χ3v) is 4.61. The van der Waals surface area contributed by atoms with Crippen LogP contribution in [0.2, 0.25) is 0 Å². The van der Waals surface area contributed by atoms with Crippen molar-refractivity contribution in [2.24, 2.45) is 5.73 Å². The lowest BCUT2D eigenvalue weighted by Crippen LogP contribution is -2.13. The van der Waals surface area contributed by atoms with Crippen LogP contribution in [0.1, 0.15) is 24.5 Å². The van der Waals surface area contributed by atoms with Crippen molar-refractivity contribution in [1.29, 1.82) is 0 Å². The quantitative estimate of drug-likeness (QED) is 0.862. The van der Waals surface area contributed by atoms with Gasteiger partial charge in [-0.05, 0) is 41.8 Å². The highest BCUT2D eigenvalue weighted by molar-refractivity contribution is 7.92. The summed E-state index contributed by atoms with van der Waals surface area (Å²) in [7, 11) is -3.55. The Balaban J connectivity index is 2.16. The second-order valence-electron chi connectivity index (χ2n) is 4.90. The molecule has 0 bridgehead atoms. The van der Waals surface area contributed by atoms with E-state index in [1.807, 2.05) is 12.1 Å². The summed E-state index contributed by atoms with van der Waals surface area (Å²) in [6, 6.07) is 14.0. The van der Waals surface area contributed by atoms with Gasteiger partial charge in [0.15, 0.2) is 0 Å². The van der Waals surface area contributed by atoms with Crippen LogP contribution in [0.5, 0.6) is 0 Å². The summed E-state index contributed by atoms with van der Waals surface area (Å²) in [5.41, 5.74) is 8.18. The Kier molecular flexibility index (Phi) is 4.98. The molecule has 0 radical (unpaired) electrons. The zero-order valence-corrected chi connectivity index (χ0v) is 12.9. The fourth-order valence-corrected chi connectivity index (χ4v) is 3.11. The minimum atomic E-state index is -3.55. The van der Waals surface area contributed by atoms with Crippen molar-refractivity contribution in [2.45, 2.75) is 31.2 Å². The maximum Gasteiger partial charge on any atom is 0.261 e. The zero-order valence-electron chi connectivity index (χ0n) is 12.0. The number of hydrogen-bond donors (Lipinski definition) is 2. The third-order valence-electron chi connectivity index (χ3n) is 3.21. The summed E-state index contributed by atoms with van der Waals surface area (Å²) in [5.74, 6) is 0. The monoisotopic (exact) mass is 304 g/mol. The van der Waals surface area contributed by atoms with Crippen molar-refractivity contribution < 1.29 is 8.42 Å². The van der Waals surface area contributed by atoms with Crippen LogP contribution in [-0.2, 0) is 23.0 Å². The molecule has 0 atom stereocenters. The molecule has 4 nitrogen and oxygen atoms in total. The molecule has 0 spiro atoms. The highest BCUT2D eigenvalue weighted by Gasteiger charge is 2.13. The smallest absolute Gasteiger partial charge is 0.261 e. The Bertz CT molecular complexity index is 677. The van der Waals surface area contributed by atoms with Crippen LogP contribution < -0.4 is 10.5 Å². The lowest BCUT2D eigenvalue weighted by Gasteiger charge is -2.09. The van der Waals surface area contributed by atoms with Gasteiger partial charge in [0.2, 0.25) is 0 Å². The first-order valence-corrected chi connectivity index (χ1v) is 8.44. The van der Waals surface area contributed by atoms with Crippen molar-refractivity contribution in [1.82, 2.24) is 0 Å². The van der Waals surface area contributed by atoms with E-state index in [0.29, 0.717) is 12.2 Å². The Morgan fingerprint density at radius 1 is 0.952 bits per heavy atom. The molecule has 3 N–H and O–H groups in total. The average molecular weight is 304 g/mol. The van der Waals surface area contributed by atoms with Gasteiger partial charge in [0.05, 0.1) is 4.90 Å². The van der Waals surface area contributed by atoms with Gasteiger partial charge in [-0.3, -0.25) is 4.72 Å². The first-order chi connectivity index (χ1) is 10.0. The second-order valence-corrected chi connectivity index (χ2v) is 6.58. The first-order valence-electron chi connectivity index (χ1n) is 6.96. The summed E-state index contributed by atoms with van der Waals surface area (Å²) in [6.45, 7) is 2.51. The summed E-state index contributed by atoms with van der Waals surface area (Å²) in [5, 5.41) is 0. The Hall–Kier alpha value is -1.85. The topological polar surface area (TPSA) is 72.2 Å². The van der Waals surface area contributed by atoms with Crippen molar-refractivity contribution in [2.75, 3.05) is 4.72 Å². The van der Waals surface area contributed by atoms with Crippen molar-refractivity contribution in [3.05, 3.63) is 59.7 Å². The molecule has 2 aromatic rings. The number of anilines is 1. The average Bonchev–Trinajstić information content (AvgIpc) is 2.49. The molecular formula is C16H20N2O2S. The predicted octanol–water partition coefficient (Wildman–Crippen LogP) is 2.90. The third kappa shape index (κ3) is 4.06. The minimum absolute atomic E-state index is 0.234. The molecule has 112 valence electrons. The van der Waals surface area contributed by atoms with Gasteiger partial charge in [0.1, 0.15) is 0 Å². The molecule has 0 aliphatic rings. The highest BCUT2D eigenvalue weighted by atomic mass is 32.2. The van der Waals surface area contributed by atoms with E-state index < -0.39 is 10.0 Å². The molecule has 0 saturated heterocycles. The SMILES string of the molecule is CCCc1ccc(NS(=O)(=O)c2ccc(CN)cc2)cc1. The Morgan fingerprint density at radius 2 is 1.52 bits per heavy atom. The van der Waals surface area contributed by atoms with Crippen LogP contribution in [-0.4, -0.2) is 8.42 Å². The number of aryl methyl sites for hydroxylation is 1. The van der Waals surface area contributed by atoms with E-state index in [1.54, 1.807) is 36.4 Å². The summed E-state index contributed by atoms with van der Waals surface area (Å²) >= 11 is 0. The number of rotatable bonds is 6. The van der Waals surface area contributed by atoms with Gasteiger partial charge in [-0.2, -0.15) is 0 Å². The normalized spacial score (nSPS) is 11.3. The molecular weight excluding hydrogens is 284 g/mol. The van der Waals surface area contributed by atoms with Gasteiger partial charge in [0.25, 0.3) is 10.0 Å². The van der Waals surface area contributed by atoms with Gasteiger partial charge >= 0.3 is 0 Å². The van der Waals surface area contributed by atoms with Crippen LogP contribution in [0.3, 0.4) is 0 Å². The zero-order chi connectivity index (χ0) is 15.3. The van der Waals surface area contributed by atoms with E-state index in [4.69, 9.17) is 5.73 Å². The molecule has 0 amide bonds. The molecule has 0 heterocycles. The summed E-state index contributed by atoms with van der Waals surface area (Å²) in [4.78, 5) is 0.234. The molecule has 5 heteroatoms. The molecule has 0 fully saturated rings. The standard InChI is InChI=1S/C16H20N2O2S/c1-2-3-13-4-8-15(9-5-13)18-21(19,20)16-10-6-14(12-17)7-11-16/h4-11,18H,2-3,12,17H2,1H3. The second kappa shape index (κ2) is 6.74. The molecule has 0 aliphatic carbocycles. The van der Waals surface area contributed by atoms with E-state index in [-0.39, 0.29) is 4.90 Å². The summed E-state index contributed by atoms with van der Waals surface area (Å²) in [6.07, 6.45) is 2.06. The molecule has 0 aromatic heterocycles. The van der Waals surface area contributed by atoms with Crippen LogP contribution in [0.15, 0.2) is 53.4 Å². The predicted molar refractivity (Wildman–Crippen MR) is 85.6 cm³/mol. The lowest BCUT2D eigenvalue weighted by molar-refractivity contribution is 0.601. The van der Waals surface area contributed by atoms with Crippen LogP contribution in [0.4, 0.5) is 5.69 Å². The molecule has 0 saturated carbocycles. The maximum atomic E-state index is 12.3. The van der Waals surface area contributed by atoms with Crippen molar-refractivity contribution in [3.63, 3.8) is 0 Å². The Morgan fingerprint density at radius 3 is 2.05 bits per heavy atom. The van der Waals surface area contributed by atoms with E-state index in [0.717, 1.165) is 18.4 Å². The van der Waals surface area contributed by atoms with E-state index in [9.17, 15) is 8.42 Å². The largest absolute Gasteiger partial charge is 0.326 e. The fraction of sp³-hybridized carbons (Fsp3) is 0.250. The fourth-order valence-electron chi connectivity index (χ4n) is 2.05. The maximum absolute atomic E-state index is 12.3. The van der Waals surface area contributed by atoms with Gasteiger partial charge in [-0.1, -0.05) is 37.6 Å². The van der Waals surface area contributed by atoms with E-state index in [1.165, 1.54) is 5.56 Å². The van der Waals surface area contributed by atoms with Crippen LogP contribution in [0.25, 0.3) is 0 Å².